The Balaban J connectivity index is 1.52. The monoisotopic (exact) mass is 330 g/mol. The average molecular weight is 330 g/mol. The van der Waals surface area contributed by atoms with Crippen molar-refractivity contribution in [1.82, 2.24) is 9.88 Å². The van der Waals surface area contributed by atoms with Crippen LogP contribution in [0.3, 0.4) is 0 Å². The van der Waals surface area contributed by atoms with Gasteiger partial charge in [0.05, 0.1) is 13.1 Å². The van der Waals surface area contributed by atoms with E-state index in [-0.39, 0.29) is 0 Å². The zero-order valence-electron chi connectivity index (χ0n) is 13.7. The SMILES string of the molecule is Cc1ccc2[nH]c3c(c2c1)CN(C(=O)C[NH+]1CCSCC1)CC3. The lowest BCUT2D eigenvalue weighted by Crippen LogP contribution is -3.14. The normalized spacial score (nSPS) is 19.1. The van der Waals surface area contributed by atoms with Crippen LogP contribution in [0, 0.1) is 6.92 Å². The summed E-state index contributed by atoms with van der Waals surface area (Å²) < 4.78 is 0. The maximum atomic E-state index is 12.7. The maximum absolute atomic E-state index is 12.7. The van der Waals surface area contributed by atoms with Gasteiger partial charge in [-0.3, -0.25) is 4.79 Å². The van der Waals surface area contributed by atoms with E-state index in [1.54, 1.807) is 0 Å². The van der Waals surface area contributed by atoms with Crippen LogP contribution in [0.15, 0.2) is 18.2 Å². The smallest absolute Gasteiger partial charge is 0.278 e. The van der Waals surface area contributed by atoms with Crippen molar-refractivity contribution < 1.29 is 9.69 Å². The van der Waals surface area contributed by atoms with E-state index < -0.39 is 0 Å². The molecule has 3 heterocycles. The first kappa shape index (κ1) is 15.1. The number of hydrogen-bond donors (Lipinski definition) is 2. The predicted molar refractivity (Wildman–Crippen MR) is 95.0 cm³/mol. The second kappa shape index (κ2) is 6.21. The van der Waals surface area contributed by atoms with Crippen molar-refractivity contribution in [2.75, 3.05) is 37.7 Å². The molecule has 0 radical (unpaired) electrons. The van der Waals surface area contributed by atoms with E-state index in [2.05, 4.69) is 35.0 Å². The number of quaternary nitrogens is 1. The fourth-order valence-corrected chi connectivity index (χ4v) is 4.77. The lowest BCUT2D eigenvalue weighted by molar-refractivity contribution is -0.888. The van der Waals surface area contributed by atoms with Gasteiger partial charge in [-0.05, 0) is 19.1 Å². The molecule has 0 saturated carbocycles. The number of aryl methyl sites for hydroxylation is 1. The molecule has 4 rings (SSSR count). The third kappa shape index (κ3) is 3.00. The molecule has 2 N–H and O–H groups in total. The number of nitrogens with one attached hydrogen (secondary N) is 2. The van der Waals surface area contributed by atoms with Crippen LogP contribution in [0.25, 0.3) is 10.9 Å². The summed E-state index contributed by atoms with van der Waals surface area (Å²) in [6.07, 6.45) is 0.944. The minimum atomic E-state index is 0.319. The Hall–Kier alpha value is -1.46. The second-order valence-electron chi connectivity index (χ2n) is 6.74. The largest absolute Gasteiger partial charge is 0.358 e. The molecule has 122 valence electrons. The Morgan fingerprint density at radius 2 is 2.17 bits per heavy atom. The number of thioether (sulfide) groups is 1. The van der Waals surface area contributed by atoms with Gasteiger partial charge in [0.1, 0.15) is 0 Å². The fraction of sp³-hybridized carbons (Fsp3) is 0.500. The Bertz CT molecular complexity index is 733. The quantitative estimate of drug-likeness (QED) is 0.862. The van der Waals surface area contributed by atoms with Gasteiger partial charge in [-0.1, -0.05) is 11.6 Å². The number of amides is 1. The molecular formula is C18H24N3OS+. The minimum absolute atomic E-state index is 0.319. The van der Waals surface area contributed by atoms with Crippen molar-refractivity contribution >= 4 is 28.6 Å². The molecular weight excluding hydrogens is 306 g/mol. The van der Waals surface area contributed by atoms with E-state index in [0.29, 0.717) is 12.5 Å². The standard InChI is InChI=1S/C18H23N3OS/c1-13-2-3-16-14(10-13)15-11-21(5-4-17(15)19-16)18(22)12-20-6-8-23-9-7-20/h2-3,10,19H,4-9,11-12H2,1H3/p+1. The Kier molecular flexibility index (Phi) is 4.07. The summed E-state index contributed by atoms with van der Waals surface area (Å²) in [6, 6.07) is 6.54. The molecule has 1 aromatic carbocycles. The Labute approximate surface area is 141 Å². The highest BCUT2D eigenvalue weighted by atomic mass is 32.2. The molecule has 23 heavy (non-hydrogen) atoms. The first-order chi connectivity index (χ1) is 11.2. The van der Waals surface area contributed by atoms with Crippen LogP contribution in [0.1, 0.15) is 16.8 Å². The number of carbonyl (C=O) groups excluding carboxylic acids is 1. The van der Waals surface area contributed by atoms with E-state index in [0.717, 1.165) is 32.6 Å². The number of hydrogen-bond acceptors (Lipinski definition) is 2. The summed E-state index contributed by atoms with van der Waals surface area (Å²) in [5.74, 6) is 2.70. The van der Waals surface area contributed by atoms with E-state index in [4.69, 9.17) is 0 Å². The highest BCUT2D eigenvalue weighted by Gasteiger charge is 2.27. The summed E-state index contributed by atoms with van der Waals surface area (Å²) >= 11 is 2.01. The molecule has 0 spiro atoms. The number of carbonyl (C=O) groups is 1. The van der Waals surface area contributed by atoms with Gasteiger partial charge in [-0.25, -0.2) is 0 Å². The van der Waals surface area contributed by atoms with Crippen molar-refractivity contribution in [2.24, 2.45) is 0 Å². The third-order valence-corrected chi connectivity index (χ3v) is 6.07. The third-order valence-electron chi connectivity index (χ3n) is 5.08. The molecule has 0 aliphatic carbocycles. The topological polar surface area (TPSA) is 40.5 Å². The maximum Gasteiger partial charge on any atom is 0.278 e. The van der Waals surface area contributed by atoms with Crippen LogP contribution >= 0.6 is 11.8 Å². The Morgan fingerprint density at radius 3 is 3.00 bits per heavy atom. The van der Waals surface area contributed by atoms with Gasteiger partial charge in [-0.15, -0.1) is 0 Å². The number of nitrogens with zero attached hydrogens (tertiary/aromatic N) is 1. The zero-order chi connectivity index (χ0) is 15.8. The number of benzene rings is 1. The number of H-pyrrole nitrogens is 1. The fourth-order valence-electron chi connectivity index (χ4n) is 3.70. The highest BCUT2D eigenvalue weighted by Crippen LogP contribution is 2.28. The van der Waals surface area contributed by atoms with E-state index in [1.807, 2.05) is 11.8 Å². The molecule has 2 aliphatic rings. The number of fused-ring (bicyclic) bond motifs is 3. The molecule has 5 heteroatoms. The first-order valence-electron chi connectivity index (χ1n) is 8.50. The van der Waals surface area contributed by atoms with Crippen molar-refractivity contribution in [3.8, 4) is 0 Å². The van der Waals surface area contributed by atoms with Gasteiger partial charge in [0.2, 0.25) is 0 Å². The van der Waals surface area contributed by atoms with Crippen molar-refractivity contribution in [2.45, 2.75) is 19.9 Å². The van der Waals surface area contributed by atoms with Crippen molar-refractivity contribution in [1.29, 1.82) is 0 Å². The van der Waals surface area contributed by atoms with E-state index in [1.165, 1.54) is 44.1 Å². The van der Waals surface area contributed by atoms with E-state index >= 15 is 0 Å². The van der Waals surface area contributed by atoms with Gasteiger partial charge in [0.25, 0.3) is 5.91 Å². The lowest BCUT2D eigenvalue weighted by Gasteiger charge is -2.30. The molecule has 0 atom stereocenters. The second-order valence-corrected chi connectivity index (χ2v) is 7.96. The predicted octanol–water partition coefficient (Wildman–Crippen LogP) is 0.993. The average Bonchev–Trinajstić information content (AvgIpc) is 2.93. The van der Waals surface area contributed by atoms with Gasteiger partial charge < -0.3 is 14.8 Å². The van der Waals surface area contributed by atoms with Gasteiger partial charge in [0, 0.05) is 53.2 Å². The minimum Gasteiger partial charge on any atom is -0.358 e. The molecule has 0 unspecified atom stereocenters. The van der Waals surface area contributed by atoms with Crippen molar-refractivity contribution in [3.05, 3.63) is 35.0 Å². The van der Waals surface area contributed by atoms with Crippen molar-refractivity contribution in [3.63, 3.8) is 0 Å². The zero-order valence-corrected chi connectivity index (χ0v) is 14.5. The van der Waals surface area contributed by atoms with Crippen LogP contribution in [-0.2, 0) is 17.8 Å². The summed E-state index contributed by atoms with van der Waals surface area (Å²) in [7, 11) is 0. The molecule has 1 aromatic heterocycles. The van der Waals surface area contributed by atoms with Crippen LogP contribution in [0.4, 0.5) is 0 Å². The van der Waals surface area contributed by atoms with Crippen LogP contribution in [0.2, 0.25) is 0 Å². The number of rotatable bonds is 2. The van der Waals surface area contributed by atoms with Gasteiger partial charge in [0.15, 0.2) is 6.54 Å². The highest BCUT2D eigenvalue weighted by molar-refractivity contribution is 7.99. The molecule has 1 saturated heterocycles. The summed E-state index contributed by atoms with van der Waals surface area (Å²) in [4.78, 5) is 19.7. The van der Waals surface area contributed by atoms with Crippen LogP contribution in [-0.4, -0.2) is 53.5 Å². The summed E-state index contributed by atoms with van der Waals surface area (Å²) in [5, 5.41) is 1.29. The number of aromatic amines is 1. The molecule has 1 fully saturated rings. The molecule has 0 bridgehead atoms. The molecule has 2 aromatic rings. The van der Waals surface area contributed by atoms with E-state index in [9.17, 15) is 4.79 Å². The molecule has 4 nitrogen and oxygen atoms in total. The van der Waals surface area contributed by atoms with Gasteiger partial charge >= 0.3 is 0 Å². The number of aromatic nitrogens is 1. The molecule has 2 aliphatic heterocycles. The Morgan fingerprint density at radius 1 is 1.35 bits per heavy atom. The van der Waals surface area contributed by atoms with Crippen LogP contribution in [0.5, 0.6) is 0 Å². The van der Waals surface area contributed by atoms with Gasteiger partial charge in [-0.2, -0.15) is 11.8 Å². The van der Waals surface area contributed by atoms with Crippen LogP contribution < -0.4 is 4.90 Å². The summed E-state index contributed by atoms with van der Waals surface area (Å²) in [6.45, 7) is 6.66. The molecule has 1 amide bonds. The summed E-state index contributed by atoms with van der Waals surface area (Å²) in [5.41, 5.74) is 5.12. The first-order valence-corrected chi connectivity index (χ1v) is 9.65. The lowest BCUT2D eigenvalue weighted by atomic mass is 10.0.